The van der Waals surface area contributed by atoms with E-state index in [2.05, 4.69) is 102 Å². The first-order valence-electron chi connectivity index (χ1n) is 8.82. The number of hydrogen-bond acceptors (Lipinski definition) is 1. The summed E-state index contributed by atoms with van der Waals surface area (Å²) < 4.78 is 2.17. The molecule has 0 saturated carbocycles. The lowest BCUT2D eigenvalue weighted by Gasteiger charge is -2.03. The van der Waals surface area contributed by atoms with Crippen molar-refractivity contribution < 1.29 is 0 Å². The minimum Gasteiger partial charge on any atom is -0.299 e. The third-order valence-corrected chi connectivity index (χ3v) is 4.91. The number of pyridine rings is 1. The maximum atomic E-state index is 4.81. The monoisotopic (exact) mass is 334 g/mol. The molecular weight excluding hydrogens is 316 g/mol. The van der Waals surface area contributed by atoms with Gasteiger partial charge in [-0.2, -0.15) is 0 Å². The summed E-state index contributed by atoms with van der Waals surface area (Å²) in [6.07, 6.45) is 2.12. The van der Waals surface area contributed by atoms with E-state index in [9.17, 15) is 0 Å². The Balaban J connectivity index is 1.57. The van der Waals surface area contributed by atoms with Gasteiger partial charge < -0.3 is 0 Å². The van der Waals surface area contributed by atoms with E-state index in [1.807, 2.05) is 0 Å². The molecule has 5 rings (SSSR count). The summed E-state index contributed by atoms with van der Waals surface area (Å²) in [6.45, 7) is 2.11. The standard InChI is InChI=1S/C24H18N2/c1-17-6-8-18(9-7-17)19-10-12-20(13-11-19)22-16-26-23-5-3-2-4-21(23)14-15-24(26)25-22/h2-16H,1H3. The first-order chi connectivity index (χ1) is 12.8. The molecule has 0 aliphatic rings. The summed E-state index contributed by atoms with van der Waals surface area (Å²) in [5, 5.41) is 1.22. The van der Waals surface area contributed by atoms with E-state index < -0.39 is 0 Å². The average Bonchev–Trinajstić information content (AvgIpc) is 3.14. The van der Waals surface area contributed by atoms with E-state index in [1.165, 1.54) is 27.6 Å². The molecule has 0 radical (unpaired) electrons. The predicted molar refractivity (Wildman–Crippen MR) is 108 cm³/mol. The molecule has 0 spiro atoms. The van der Waals surface area contributed by atoms with Gasteiger partial charge in [0, 0.05) is 11.8 Å². The summed E-state index contributed by atoms with van der Waals surface area (Å²) in [5.41, 5.74) is 8.03. The molecule has 5 aromatic rings. The van der Waals surface area contributed by atoms with Crippen molar-refractivity contribution in [3.63, 3.8) is 0 Å². The zero-order chi connectivity index (χ0) is 17.5. The van der Waals surface area contributed by atoms with Gasteiger partial charge in [0.25, 0.3) is 0 Å². The molecule has 124 valence electrons. The van der Waals surface area contributed by atoms with E-state index in [1.54, 1.807) is 0 Å². The molecule has 0 fully saturated rings. The van der Waals surface area contributed by atoms with Crippen molar-refractivity contribution in [1.29, 1.82) is 0 Å². The maximum absolute atomic E-state index is 4.81. The highest BCUT2D eigenvalue weighted by atomic mass is 15.0. The van der Waals surface area contributed by atoms with Gasteiger partial charge in [-0.25, -0.2) is 4.98 Å². The molecule has 0 aliphatic carbocycles. The van der Waals surface area contributed by atoms with Gasteiger partial charge in [0.15, 0.2) is 0 Å². The molecule has 0 atom stereocenters. The molecule has 3 aromatic carbocycles. The Kier molecular flexibility index (Phi) is 3.36. The van der Waals surface area contributed by atoms with Gasteiger partial charge >= 0.3 is 0 Å². The number of rotatable bonds is 2. The summed E-state index contributed by atoms with van der Waals surface area (Å²) in [4.78, 5) is 4.81. The van der Waals surface area contributed by atoms with Gasteiger partial charge in [-0.1, -0.05) is 72.3 Å². The van der Waals surface area contributed by atoms with Gasteiger partial charge in [-0.3, -0.25) is 4.40 Å². The first-order valence-corrected chi connectivity index (χ1v) is 8.82. The fourth-order valence-corrected chi connectivity index (χ4v) is 3.44. The topological polar surface area (TPSA) is 17.3 Å². The van der Waals surface area contributed by atoms with Gasteiger partial charge in [-0.15, -0.1) is 0 Å². The van der Waals surface area contributed by atoms with Crippen LogP contribution in [0.3, 0.4) is 0 Å². The molecule has 0 saturated heterocycles. The lowest BCUT2D eigenvalue weighted by atomic mass is 10.0. The third kappa shape index (κ3) is 2.47. The number of aromatic nitrogens is 2. The maximum Gasteiger partial charge on any atom is 0.137 e. The summed E-state index contributed by atoms with van der Waals surface area (Å²) in [5.74, 6) is 0. The van der Waals surface area contributed by atoms with Gasteiger partial charge in [0.05, 0.1) is 11.2 Å². The molecule has 2 heterocycles. The molecule has 0 amide bonds. The SMILES string of the molecule is Cc1ccc(-c2ccc(-c3cn4c(ccc5ccccc54)n3)cc2)cc1. The number of benzene rings is 3. The molecule has 2 aromatic heterocycles. The van der Waals surface area contributed by atoms with Crippen LogP contribution in [0.4, 0.5) is 0 Å². The van der Waals surface area contributed by atoms with E-state index in [0.717, 1.165) is 16.9 Å². The van der Waals surface area contributed by atoms with Crippen molar-refractivity contribution in [2.75, 3.05) is 0 Å². The van der Waals surface area contributed by atoms with Crippen LogP contribution >= 0.6 is 0 Å². The summed E-state index contributed by atoms with van der Waals surface area (Å²) in [6, 6.07) is 29.9. The number of fused-ring (bicyclic) bond motifs is 3. The van der Waals surface area contributed by atoms with E-state index in [0.29, 0.717) is 0 Å². The van der Waals surface area contributed by atoms with Gasteiger partial charge in [0.1, 0.15) is 5.65 Å². The highest BCUT2D eigenvalue weighted by Gasteiger charge is 2.07. The van der Waals surface area contributed by atoms with Crippen LogP contribution in [0.15, 0.2) is 91.1 Å². The lowest BCUT2D eigenvalue weighted by Crippen LogP contribution is -1.85. The van der Waals surface area contributed by atoms with Crippen molar-refractivity contribution in [3.8, 4) is 22.4 Å². The number of imidazole rings is 1. The Labute approximate surface area is 152 Å². The number of nitrogens with zero attached hydrogens (tertiary/aromatic N) is 2. The Morgan fingerprint density at radius 1 is 0.654 bits per heavy atom. The second kappa shape index (κ2) is 5.85. The summed E-state index contributed by atoms with van der Waals surface area (Å²) in [7, 11) is 0. The highest BCUT2D eigenvalue weighted by Crippen LogP contribution is 2.26. The second-order valence-electron chi connectivity index (χ2n) is 6.69. The van der Waals surface area contributed by atoms with E-state index in [4.69, 9.17) is 4.98 Å². The van der Waals surface area contributed by atoms with Gasteiger partial charge in [-0.05, 0) is 41.6 Å². The zero-order valence-electron chi connectivity index (χ0n) is 14.6. The van der Waals surface area contributed by atoms with E-state index in [-0.39, 0.29) is 0 Å². The smallest absolute Gasteiger partial charge is 0.137 e. The van der Waals surface area contributed by atoms with Crippen LogP contribution < -0.4 is 0 Å². The van der Waals surface area contributed by atoms with Crippen molar-refractivity contribution in [3.05, 3.63) is 96.7 Å². The molecule has 2 heteroatoms. The van der Waals surface area contributed by atoms with Crippen molar-refractivity contribution in [1.82, 2.24) is 9.38 Å². The average molecular weight is 334 g/mol. The van der Waals surface area contributed by atoms with Gasteiger partial charge in [0.2, 0.25) is 0 Å². The van der Waals surface area contributed by atoms with Crippen LogP contribution in [0, 0.1) is 6.92 Å². The number of aryl methyl sites for hydroxylation is 1. The van der Waals surface area contributed by atoms with Crippen molar-refractivity contribution >= 4 is 16.6 Å². The number of para-hydroxylation sites is 1. The minimum absolute atomic E-state index is 0.973. The summed E-state index contributed by atoms with van der Waals surface area (Å²) >= 11 is 0. The predicted octanol–water partition coefficient (Wildman–Crippen LogP) is 6.13. The van der Waals surface area contributed by atoms with Crippen LogP contribution in [0.5, 0.6) is 0 Å². The minimum atomic E-state index is 0.973. The quantitative estimate of drug-likeness (QED) is 0.379. The second-order valence-corrected chi connectivity index (χ2v) is 6.69. The Morgan fingerprint density at radius 3 is 2.08 bits per heavy atom. The Morgan fingerprint density at radius 2 is 1.31 bits per heavy atom. The van der Waals surface area contributed by atoms with E-state index >= 15 is 0 Å². The zero-order valence-corrected chi connectivity index (χ0v) is 14.6. The Hall–Kier alpha value is -3.39. The van der Waals surface area contributed by atoms with Crippen LogP contribution in [0.2, 0.25) is 0 Å². The molecule has 0 unspecified atom stereocenters. The molecule has 26 heavy (non-hydrogen) atoms. The van der Waals surface area contributed by atoms with Crippen molar-refractivity contribution in [2.24, 2.45) is 0 Å². The lowest BCUT2D eigenvalue weighted by molar-refractivity contribution is 1.26. The molecule has 0 bridgehead atoms. The van der Waals surface area contributed by atoms with Crippen molar-refractivity contribution in [2.45, 2.75) is 6.92 Å². The fourth-order valence-electron chi connectivity index (χ4n) is 3.44. The highest BCUT2D eigenvalue weighted by molar-refractivity contribution is 5.83. The fraction of sp³-hybridized carbons (Fsp3) is 0.0417. The van der Waals surface area contributed by atoms with Crippen LogP contribution in [0.25, 0.3) is 38.9 Å². The molecule has 0 aliphatic heterocycles. The third-order valence-electron chi connectivity index (χ3n) is 4.91. The van der Waals surface area contributed by atoms with Crippen LogP contribution in [-0.2, 0) is 0 Å². The first kappa shape index (κ1) is 14.9. The molecule has 2 nitrogen and oxygen atoms in total. The number of hydrogen-bond donors (Lipinski definition) is 0. The van der Waals surface area contributed by atoms with Crippen LogP contribution in [0.1, 0.15) is 5.56 Å². The Bertz CT molecular complexity index is 1210. The normalized spacial score (nSPS) is 11.3. The molecule has 0 N–H and O–H groups in total. The largest absolute Gasteiger partial charge is 0.299 e. The molecular formula is C24H18N2. The van der Waals surface area contributed by atoms with Crippen LogP contribution in [-0.4, -0.2) is 9.38 Å².